The molecule has 3 aromatic rings. The van der Waals surface area contributed by atoms with E-state index in [1.165, 1.54) is 36.4 Å². The summed E-state index contributed by atoms with van der Waals surface area (Å²) in [5, 5.41) is 2.32. The fourth-order valence-corrected chi connectivity index (χ4v) is 3.06. The Bertz CT molecular complexity index is 1070. The van der Waals surface area contributed by atoms with E-state index in [4.69, 9.17) is 11.6 Å². The minimum Gasteiger partial charge on any atom is -0.339 e. The van der Waals surface area contributed by atoms with Crippen LogP contribution >= 0.6 is 11.6 Å². The van der Waals surface area contributed by atoms with E-state index in [0.717, 1.165) is 18.2 Å². The van der Waals surface area contributed by atoms with Gasteiger partial charge >= 0.3 is 6.18 Å². The zero-order valence-electron chi connectivity index (χ0n) is 15.6. The molecule has 2 aromatic carbocycles. The lowest BCUT2D eigenvalue weighted by Gasteiger charge is -2.18. The van der Waals surface area contributed by atoms with Crippen LogP contribution in [0.5, 0.6) is 0 Å². The van der Waals surface area contributed by atoms with Gasteiger partial charge in [-0.05, 0) is 41.5 Å². The highest BCUT2D eigenvalue weighted by atomic mass is 35.5. The summed E-state index contributed by atoms with van der Waals surface area (Å²) in [7, 11) is 1.74. The van der Waals surface area contributed by atoms with Crippen LogP contribution in [0, 0.1) is 5.82 Å². The summed E-state index contributed by atoms with van der Waals surface area (Å²) in [5.41, 5.74) is -0.223. The highest BCUT2D eigenvalue weighted by molar-refractivity contribution is 6.31. The van der Waals surface area contributed by atoms with Gasteiger partial charge in [0, 0.05) is 25.5 Å². The van der Waals surface area contributed by atoms with Gasteiger partial charge in [-0.25, -0.2) is 9.37 Å². The van der Waals surface area contributed by atoms with Crippen molar-refractivity contribution in [3.8, 4) is 0 Å². The maximum Gasteiger partial charge on any atom is 0.417 e. The van der Waals surface area contributed by atoms with Gasteiger partial charge in [-0.3, -0.25) is 4.79 Å². The molecule has 0 spiro atoms. The number of aromatic nitrogens is 2. The van der Waals surface area contributed by atoms with Crippen LogP contribution in [-0.2, 0) is 18.0 Å². The molecule has 0 fully saturated rings. The Kier molecular flexibility index (Phi) is 6.26. The third-order valence-electron chi connectivity index (χ3n) is 4.33. The third-order valence-corrected chi connectivity index (χ3v) is 4.66. The number of halogens is 5. The highest BCUT2D eigenvalue weighted by Crippen LogP contribution is 2.35. The lowest BCUT2D eigenvalue weighted by molar-refractivity contribution is -0.137. The van der Waals surface area contributed by atoms with Crippen LogP contribution in [0.15, 0.2) is 60.9 Å². The topological polar surface area (TPSA) is 46.9 Å². The van der Waals surface area contributed by atoms with Crippen molar-refractivity contribution < 1.29 is 22.4 Å². The van der Waals surface area contributed by atoms with Crippen molar-refractivity contribution in [1.29, 1.82) is 0 Å². The van der Waals surface area contributed by atoms with E-state index >= 15 is 0 Å². The van der Waals surface area contributed by atoms with Crippen molar-refractivity contribution in [2.75, 3.05) is 0 Å². The summed E-state index contributed by atoms with van der Waals surface area (Å²) in [6, 6.07) is 8.25. The monoisotopic (exact) mass is 437 g/mol. The van der Waals surface area contributed by atoms with E-state index in [1.807, 2.05) is 0 Å². The van der Waals surface area contributed by atoms with E-state index < -0.39 is 34.5 Å². The number of imidazole rings is 1. The molecule has 1 amide bonds. The van der Waals surface area contributed by atoms with Crippen LogP contribution in [0.1, 0.15) is 28.6 Å². The van der Waals surface area contributed by atoms with Gasteiger partial charge in [-0.1, -0.05) is 29.8 Å². The molecule has 1 unspecified atom stereocenters. The van der Waals surface area contributed by atoms with Gasteiger partial charge in [0.2, 0.25) is 5.91 Å². The van der Waals surface area contributed by atoms with E-state index in [-0.39, 0.29) is 5.56 Å². The number of nitrogens with zero attached hydrogens (tertiary/aromatic N) is 2. The second-order valence-electron chi connectivity index (χ2n) is 6.46. The molecule has 1 atom stereocenters. The van der Waals surface area contributed by atoms with Crippen molar-refractivity contribution in [2.24, 2.45) is 7.05 Å². The minimum absolute atomic E-state index is 0.164. The molecule has 0 saturated heterocycles. The Morgan fingerprint density at radius 1 is 1.20 bits per heavy atom. The van der Waals surface area contributed by atoms with Crippen LogP contribution in [-0.4, -0.2) is 15.5 Å². The molecule has 0 aliphatic carbocycles. The summed E-state index contributed by atoms with van der Waals surface area (Å²) >= 11 is 5.60. The van der Waals surface area contributed by atoms with Crippen molar-refractivity contribution in [1.82, 2.24) is 14.9 Å². The van der Waals surface area contributed by atoms with Crippen molar-refractivity contribution in [2.45, 2.75) is 12.2 Å². The third kappa shape index (κ3) is 5.07. The SMILES string of the molecule is Cn1ccnc1C(NC(=O)/C=C/c1ccc(Cl)c(C(F)(F)F)c1)c1ccc(F)cc1. The molecule has 1 N–H and O–H groups in total. The van der Waals surface area contributed by atoms with Gasteiger partial charge < -0.3 is 9.88 Å². The predicted molar refractivity (Wildman–Crippen MR) is 105 cm³/mol. The number of alkyl halides is 3. The predicted octanol–water partition coefficient (Wildman–Crippen LogP) is 5.15. The molecule has 0 aliphatic rings. The Hall–Kier alpha value is -3.13. The fraction of sp³-hybridized carbons (Fsp3) is 0.143. The second-order valence-corrected chi connectivity index (χ2v) is 6.87. The average molecular weight is 438 g/mol. The lowest BCUT2D eigenvalue weighted by Crippen LogP contribution is -2.29. The van der Waals surface area contributed by atoms with Gasteiger partial charge in [-0.2, -0.15) is 13.2 Å². The summed E-state index contributed by atoms with van der Waals surface area (Å²) in [6.07, 6.45) is 1.01. The van der Waals surface area contributed by atoms with E-state index in [2.05, 4.69) is 10.3 Å². The highest BCUT2D eigenvalue weighted by Gasteiger charge is 2.33. The molecule has 156 valence electrons. The quantitative estimate of drug-likeness (QED) is 0.443. The normalized spacial score (nSPS) is 12.9. The molecule has 0 saturated carbocycles. The molecule has 0 bridgehead atoms. The molecule has 30 heavy (non-hydrogen) atoms. The summed E-state index contributed by atoms with van der Waals surface area (Å²) < 4.78 is 53.9. The Balaban J connectivity index is 1.83. The zero-order chi connectivity index (χ0) is 21.9. The number of benzene rings is 2. The molecule has 0 radical (unpaired) electrons. The average Bonchev–Trinajstić information content (AvgIpc) is 3.11. The largest absolute Gasteiger partial charge is 0.417 e. The Labute approximate surface area is 174 Å². The van der Waals surface area contributed by atoms with Gasteiger partial charge in [-0.15, -0.1) is 0 Å². The summed E-state index contributed by atoms with van der Waals surface area (Å²) in [4.78, 5) is 16.7. The smallest absolute Gasteiger partial charge is 0.339 e. The van der Waals surface area contributed by atoms with Gasteiger partial charge in [0.25, 0.3) is 0 Å². The van der Waals surface area contributed by atoms with Gasteiger partial charge in [0.15, 0.2) is 0 Å². The molecule has 4 nitrogen and oxygen atoms in total. The van der Waals surface area contributed by atoms with Gasteiger partial charge in [0.05, 0.1) is 10.6 Å². The fourth-order valence-electron chi connectivity index (χ4n) is 2.83. The number of aryl methyl sites for hydroxylation is 1. The molecule has 3 rings (SSSR count). The Morgan fingerprint density at radius 3 is 2.50 bits per heavy atom. The van der Waals surface area contributed by atoms with Crippen LogP contribution in [0.4, 0.5) is 17.6 Å². The number of carbonyl (C=O) groups is 1. The zero-order valence-corrected chi connectivity index (χ0v) is 16.4. The number of amides is 1. The Morgan fingerprint density at radius 2 is 1.90 bits per heavy atom. The summed E-state index contributed by atoms with van der Waals surface area (Å²) in [5.74, 6) is -0.475. The maximum absolute atomic E-state index is 13.3. The standard InChI is InChI=1S/C21H16ClF4N3O/c1-29-11-10-27-20(29)19(14-4-6-15(23)7-5-14)28-18(30)9-3-13-2-8-17(22)16(12-13)21(24,25)26/h2-12,19H,1H3,(H,28,30)/b9-3+. The van der Waals surface area contributed by atoms with Gasteiger partial charge in [0.1, 0.15) is 17.7 Å². The van der Waals surface area contributed by atoms with E-state index in [0.29, 0.717) is 11.4 Å². The molecular formula is C21H16ClF4N3O. The van der Waals surface area contributed by atoms with Crippen molar-refractivity contribution in [3.63, 3.8) is 0 Å². The van der Waals surface area contributed by atoms with Crippen molar-refractivity contribution in [3.05, 3.63) is 94.3 Å². The number of nitrogens with one attached hydrogen (secondary N) is 1. The number of hydrogen-bond acceptors (Lipinski definition) is 2. The van der Waals surface area contributed by atoms with Crippen LogP contribution < -0.4 is 5.32 Å². The molecular weight excluding hydrogens is 422 g/mol. The minimum atomic E-state index is -4.60. The number of rotatable bonds is 5. The van der Waals surface area contributed by atoms with Crippen LogP contribution in [0.25, 0.3) is 6.08 Å². The second kappa shape index (κ2) is 8.71. The number of hydrogen-bond donors (Lipinski definition) is 1. The first-order chi connectivity index (χ1) is 14.1. The maximum atomic E-state index is 13.3. The first-order valence-electron chi connectivity index (χ1n) is 8.73. The molecule has 1 heterocycles. The first-order valence-corrected chi connectivity index (χ1v) is 9.11. The summed E-state index contributed by atoms with van der Waals surface area (Å²) in [6.45, 7) is 0. The molecule has 0 aliphatic heterocycles. The first kappa shape index (κ1) is 21.6. The van der Waals surface area contributed by atoms with E-state index in [9.17, 15) is 22.4 Å². The molecule has 1 aromatic heterocycles. The lowest BCUT2D eigenvalue weighted by atomic mass is 10.1. The van der Waals surface area contributed by atoms with E-state index in [1.54, 1.807) is 24.0 Å². The van der Waals surface area contributed by atoms with Crippen LogP contribution in [0.2, 0.25) is 5.02 Å². The molecule has 9 heteroatoms. The van der Waals surface area contributed by atoms with Crippen molar-refractivity contribution >= 4 is 23.6 Å². The number of carbonyl (C=O) groups excluding carboxylic acids is 1. The van der Waals surface area contributed by atoms with Crippen LogP contribution in [0.3, 0.4) is 0 Å².